The Morgan fingerprint density at radius 1 is 0.442 bits per heavy atom. The molecule has 0 fully saturated rings. The summed E-state index contributed by atoms with van der Waals surface area (Å²) in [5, 5.41) is 39.4. The molecule has 282 valence electrons. The van der Waals surface area contributed by atoms with Crippen molar-refractivity contribution in [2.45, 2.75) is 92.2 Å². The average Bonchev–Trinajstić information content (AvgIpc) is 3.09. The molecule has 0 heterocycles. The van der Waals surface area contributed by atoms with Crippen LogP contribution in [0.4, 0.5) is 11.4 Å². The van der Waals surface area contributed by atoms with Crippen LogP contribution in [0.25, 0.3) is 0 Å². The standard InChI is InChI=1S/C34H56N18/c1-6-7-8-9-10-11-12-13-30(43-28-16-24(20(2)45-49-31(35)36)14-25(17-28)21(3)46-50-32(37)38)44-29-18-26(22(4)47-51-33(39)40)15-27(19-29)23(5)48-52-34(41)42/h14-19,30,43-44H,6-13H2,1-5H3,(H4,35,36,49)(H4,37,38,50)(H4,39,40,51)(H4,41,42,52). The summed E-state index contributed by atoms with van der Waals surface area (Å²) in [7, 11) is 0. The molecule has 0 bridgehead atoms. The topological polar surface area (TPSA) is 331 Å². The van der Waals surface area contributed by atoms with E-state index in [1.165, 1.54) is 25.7 Å². The minimum Gasteiger partial charge on any atom is -0.369 e. The van der Waals surface area contributed by atoms with Crippen LogP contribution in [-0.4, -0.2) is 52.9 Å². The molecule has 18 heteroatoms. The van der Waals surface area contributed by atoms with E-state index in [-0.39, 0.29) is 30.0 Å². The van der Waals surface area contributed by atoms with Gasteiger partial charge in [0.25, 0.3) is 0 Å². The number of rotatable bonds is 20. The van der Waals surface area contributed by atoms with Crippen LogP contribution in [-0.2, 0) is 0 Å². The van der Waals surface area contributed by atoms with Gasteiger partial charge in [-0.3, -0.25) is 0 Å². The van der Waals surface area contributed by atoms with Crippen molar-refractivity contribution in [1.29, 1.82) is 0 Å². The first-order valence-corrected chi connectivity index (χ1v) is 17.1. The Bertz CT molecular complexity index is 1490. The van der Waals surface area contributed by atoms with Gasteiger partial charge < -0.3 is 56.5 Å². The Labute approximate surface area is 305 Å². The summed E-state index contributed by atoms with van der Waals surface area (Å²) >= 11 is 0. The minimum atomic E-state index is -0.239. The smallest absolute Gasteiger partial charge is 0.211 e. The first kappa shape index (κ1) is 42.0. The molecule has 52 heavy (non-hydrogen) atoms. The Kier molecular flexibility index (Phi) is 17.6. The molecule has 0 radical (unpaired) electrons. The van der Waals surface area contributed by atoms with Crippen molar-refractivity contribution in [3.63, 3.8) is 0 Å². The lowest BCUT2D eigenvalue weighted by Crippen LogP contribution is -2.29. The van der Waals surface area contributed by atoms with Gasteiger partial charge in [0.2, 0.25) is 23.8 Å². The SMILES string of the molecule is CCCCCCCCCC(Nc1cc(C(C)=NN=C(N)N)cc(C(C)=NN=C(N)N)c1)Nc1cc(C(C)=NN=C(N)N)cc(C(C)=NN=C(N)N)c1. The molecule has 0 amide bonds. The van der Waals surface area contributed by atoms with Gasteiger partial charge in [-0.05, 0) is 76.9 Å². The highest BCUT2D eigenvalue weighted by Gasteiger charge is 2.15. The fraction of sp³-hybridized carbons (Fsp3) is 0.412. The third-order valence-corrected chi connectivity index (χ3v) is 7.58. The van der Waals surface area contributed by atoms with Crippen LogP contribution in [0.1, 0.15) is 108 Å². The van der Waals surface area contributed by atoms with Gasteiger partial charge in [-0.1, -0.05) is 45.4 Å². The summed E-state index contributed by atoms with van der Waals surface area (Å²) in [6.07, 6.45) is 8.68. The molecule has 2 aromatic rings. The Morgan fingerprint density at radius 3 is 1.02 bits per heavy atom. The second kappa shape index (κ2) is 21.8. The highest BCUT2D eigenvalue weighted by atomic mass is 15.3. The molecule has 0 spiro atoms. The molecule has 0 saturated heterocycles. The van der Waals surface area contributed by atoms with Crippen LogP contribution < -0.4 is 56.5 Å². The highest BCUT2D eigenvalue weighted by molar-refractivity contribution is 6.06. The lowest BCUT2D eigenvalue weighted by molar-refractivity contribution is 0.561. The summed E-state index contributed by atoms with van der Waals surface area (Å²) in [5.41, 5.74) is 51.2. The number of unbranched alkanes of at least 4 members (excludes halogenated alkanes) is 6. The van der Waals surface area contributed by atoms with Crippen molar-refractivity contribution in [3.05, 3.63) is 58.7 Å². The second-order valence-electron chi connectivity index (χ2n) is 12.2. The van der Waals surface area contributed by atoms with E-state index in [9.17, 15) is 0 Å². The third kappa shape index (κ3) is 16.0. The van der Waals surface area contributed by atoms with Crippen LogP contribution in [0.3, 0.4) is 0 Å². The van der Waals surface area contributed by atoms with Gasteiger partial charge in [0.05, 0.1) is 29.0 Å². The number of anilines is 2. The monoisotopic (exact) mass is 716 g/mol. The van der Waals surface area contributed by atoms with Crippen molar-refractivity contribution in [2.75, 3.05) is 10.6 Å². The van der Waals surface area contributed by atoms with Gasteiger partial charge in [-0.2, -0.15) is 20.4 Å². The average molecular weight is 717 g/mol. The zero-order chi connectivity index (χ0) is 38.6. The van der Waals surface area contributed by atoms with Crippen LogP contribution in [0.2, 0.25) is 0 Å². The van der Waals surface area contributed by atoms with E-state index >= 15 is 0 Å². The molecule has 18 nitrogen and oxygen atoms in total. The fourth-order valence-corrected chi connectivity index (χ4v) is 4.91. The summed E-state index contributed by atoms with van der Waals surface area (Å²) in [4.78, 5) is 0. The maximum absolute atomic E-state index is 5.54. The van der Waals surface area contributed by atoms with E-state index in [2.05, 4.69) is 58.4 Å². The summed E-state index contributed by atoms with van der Waals surface area (Å²) in [6.45, 7) is 9.43. The zero-order valence-electron chi connectivity index (χ0n) is 30.9. The first-order valence-electron chi connectivity index (χ1n) is 17.1. The van der Waals surface area contributed by atoms with Crippen molar-refractivity contribution in [1.82, 2.24) is 0 Å². The molecule has 0 aliphatic rings. The van der Waals surface area contributed by atoms with Crippen molar-refractivity contribution in [2.24, 2.45) is 86.7 Å². The number of nitrogens with one attached hydrogen (secondary N) is 2. The lowest BCUT2D eigenvalue weighted by Gasteiger charge is -2.24. The molecule has 0 atom stereocenters. The predicted molar refractivity (Wildman–Crippen MR) is 219 cm³/mol. The molecular weight excluding hydrogens is 660 g/mol. The minimum absolute atomic E-state index is 0.155. The van der Waals surface area contributed by atoms with E-state index in [0.29, 0.717) is 22.8 Å². The van der Waals surface area contributed by atoms with Crippen molar-refractivity contribution < 1.29 is 0 Å². The number of hydrogen-bond donors (Lipinski definition) is 10. The van der Waals surface area contributed by atoms with E-state index < -0.39 is 0 Å². The maximum atomic E-state index is 5.54. The van der Waals surface area contributed by atoms with E-state index in [1.54, 1.807) is 27.7 Å². The Morgan fingerprint density at radius 2 is 0.731 bits per heavy atom. The molecule has 0 aromatic heterocycles. The Hall–Kier alpha value is -6.20. The fourth-order valence-electron chi connectivity index (χ4n) is 4.91. The third-order valence-electron chi connectivity index (χ3n) is 7.58. The summed E-state index contributed by atoms with van der Waals surface area (Å²) in [6, 6.07) is 11.6. The van der Waals surface area contributed by atoms with E-state index in [0.717, 1.165) is 59.3 Å². The largest absolute Gasteiger partial charge is 0.369 e. The van der Waals surface area contributed by atoms with Gasteiger partial charge in [-0.25, -0.2) is 0 Å². The second-order valence-corrected chi connectivity index (χ2v) is 12.2. The van der Waals surface area contributed by atoms with E-state index in [4.69, 9.17) is 45.9 Å². The quantitative estimate of drug-likeness (QED) is 0.0314. The number of nitrogens with two attached hydrogens (primary N) is 8. The molecule has 0 aliphatic heterocycles. The number of benzene rings is 2. The molecule has 18 N–H and O–H groups in total. The number of guanidine groups is 4. The normalized spacial score (nSPS) is 12.8. The zero-order valence-corrected chi connectivity index (χ0v) is 30.9. The molecular formula is C34H56N18. The number of hydrogen-bond acceptors (Lipinski definition) is 10. The molecule has 0 saturated carbocycles. The van der Waals surface area contributed by atoms with Crippen LogP contribution >= 0.6 is 0 Å². The summed E-state index contributed by atoms with van der Waals surface area (Å²) in [5.74, 6) is -0.622. The Balaban J connectivity index is 2.67. The lowest BCUT2D eigenvalue weighted by atomic mass is 10.0. The van der Waals surface area contributed by atoms with Gasteiger partial charge in [0, 0.05) is 33.6 Å². The van der Waals surface area contributed by atoms with Gasteiger partial charge in [0.1, 0.15) is 0 Å². The summed E-state index contributed by atoms with van der Waals surface area (Å²) < 4.78 is 0. The van der Waals surface area contributed by atoms with Crippen LogP contribution in [0, 0.1) is 0 Å². The van der Waals surface area contributed by atoms with Gasteiger partial charge in [-0.15, -0.1) is 20.4 Å². The van der Waals surface area contributed by atoms with Crippen LogP contribution in [0.15, 0.2) is 77.2 Å². The van der Waals surface area contributed by atoms with Gasteiger partial charge >= 0.3 is 0 Å². The molecule has 2 aromatic carbocycles. The van der Waals surface area contributed by atoms with Crippen molar-refractivity contribution in [3.8, 4) is 0 Å². The van der Waals surface area contributed by atoms with E-state index in [1.807, 2.05) is 36.4 Å². The highest BCUT2D eigenvalue weighted by Crippen LogP contribution is 2.23. The first-order chi connectivity index (χ1) is 24.7. The molecule has 2 rings (SSSR count). The number of nitrogens with zero attached hydrogens (tertiary/aromatic N) is 8. The van der Waals surface area contributed by atoms with Crippen LogP contribution in [0.5, 0.6) is 0 Å². The molecule has 0 aliphatic carbocycles. The molecule has 0 unspecified atom stereocenters. The van der Waals surface area contributed by atoms with Gasteiger partial charge in [0.15, 0.2) is 0 Å². The predicted octanol–water partition coefficient (Wildman–Crippen LogP) is 2.67. The maximum Gasteiger partial charge on any atom is 0.211 e. The van der Waals surface area contributed by atoms with Crippen molar-refractivity contribution >= 4 is 58.1 Å².